The average Bonchev–Trinajstić information content (AvgIpc) is 3.57. The third-order valence-electron chi connectivity index (χ3n) is 10.4. The van der Waals surface area contributed by atoms with Crippen molar-refractivity contribution in [1.82, 2.24) is 30.8 Å². The largest absolute Gasteiger partial charge is 0.480 e. The van der Waals surface area contributed by atoms with Gasteiger partial charge in [0.2, 0.25) is 17.7 Å². The van der Waals surface area contributed by atoms with E-state index < -0.39 is 59.1 Å². The van der Waals surface area contributed by atoms with Crippen molar-refractivity contribution in [3.8, 4) is 0 Å². The molecule has 1 fully saturated rings. The first-order valence-corrected chi connectivity index (χ1v) is 21.1. The molecule has 1 saturated carbocycles. The second kappa shape index (κ2) is 23.2. The van der Waals surface area contributed by atoms with Gasteiger partial charge in [-0.2, -0.15) is 0 Å². The number of nitrogens with zero attached hydrogens (tertiary/aromatic N) is 2. The van der Waals surface area contributed by atoms with Gasteiger partial charge >= 0.3 is 12.1 Å². The van der Waals surface area contributed by atoms with E-state index in [9.17, 15) is 29.1 Å². The third-order valence-corrected chi connectivity index (χ3v) is 10.4. The zero-order valence-corrected chi connectivity index (χ0v) is 36.2. The summed E-state index contributed by atoms with van der Waals surface area (Å²) < 4.78 is 13.4. The number of imidazole rings is 1. The molecule has 0 bridgehead atoms. The maximum atomic E-state index is 14.0. The highest BCUT2D eigenvalue weighted by Gasteiger charge is 2.32. The van der Waals surface area contributed by atoms with Gasteiger partial charge in [0.15, 0.2) is 0 Å². The number of nitrogens with one attached hydrogen (secondary N) is 4. The van der Waals surface area contributed by atoms with Crippen molar-refractivity contribution in [2.75, 3.05) is 13.2 Å². The molecule has 0 radical (unpaired) electrons. The highest BCUT2D eigenvalue weighted by Crippen LogP contribution is 2.27. The molecule has 5 N–H and O–H groups in total. The van der Waals surface area contributed by atoms with Crippen LogP contribution < -0.4 is 21.3 Å². The molecular weight excluding hydrogens is 741 g/mol. The fourth-order valence-electron chi connectivity index (χ4n) is 6.96. The minimum atomic E-state index is -1.14. The molecule has 1 aromatic heterocycles. The van der Waals surface area contributed by atoms with Crippen molar-refractivity contribution in [2.24, 2.45) is 5.92 Å². The lowest BCUT2D eigenvalue weighted by Gasteiger charge is -2.29. The minimum Gasteiger partial charge on any atom is -0.480 e. The van der Waals surface area contributed by atoms with Gasteiger partial charge in [-0.05, 0) is 117 Å². The summed E-state index contributed by atoms with van der Waals surface area (Å²) in [5.74, 6) is -2.15. The van der Waals surface area contributed by atoms with Crippen molar-refractivity contribution < 1.29 is 38.6 Å². The molecule has 2 unspecified atom stereocenters. The summed E-state index contributed by atoms with van der Waals surface area (Å²) >= 11 is 0. The van der Waals surface area contributed by atoms with Crippen molar-refractivity contribution in [3.63, 3.8) is 0 Å². The monoisotopic (exact) mass is 811 g/mol. The van der Waals surface area contributed by atoms with Crippen LogP contribution in [0.2, 0.25) is 0 Å². The van der Waals surface area contributed by atoms with E-state index in [0.717, 1.165) is 69.3 Å². The molecule has 0 saturated heterocycles. The molecular formula is C44H70N6O8. The highest BCUT2D eigenvalue weighted by molar-refractivity contribution is 5.94. The summed E-state index contributed by atoms with van der Waals surface area (Å²) in [5.41, 5.74) is 0.681. The number of hydrogen-bond donors (Lipinski definition) is 5. The molecule has 2 aromatic rings. The number of benzene rings is 1. The van der Waals surface area contributed by atoms with Crippen LogP contribution in [0.5, 0.6) is 0 Å². The van der Waals surface area contributed by atoms with Gasteiger partial charge < -0.3 is 40.4 Å². The lowest BCUT2D eigenvalue weighted by molar-refractivity contribution is -0.143. The van der Waals surface area contributed by atoms with Crippen LogP contribution in [0.3, 0.4) is 0 Å². The topological polar surface area (TPSA) is 190 Å². The normalized spacial score (nSPS) is 15.7. The Bertz CT molecular complexity index is 1610. The smallest absolute Gasteiger partial charge is 0.407 e. The number of rotatable bonds is 22. The average molecular weight is 811 g/mol. The maximum absolute atomic E-state index is 14.0. The van der Waals surface area contributed by atoms with Crippen LogP contribution >= 0.6 is 0 Å². The van der Waals surface area contributed by atoms with Crippen molar-refractivity contribution in [2.45, 2.75) is 174 Å². The van der Waals surface area contributed by atoms with Gasteiger partial charge in [-0.3, -0.25) is 14.4 Å². The summed E-state index contributed by atoms with van der Waals surface area (Å²) in [4.78, 5) is 70.2. The number of amides is 4. The Kier molecular flexibility index (Phi) is 19.2. The number of ether oxygens (including phenoxy) is 2. The van der Waals surface area contributed by atoms with Crippen LogP contribution in [-0.2, 0) is 41.6 Å². The molecule has 4 atom stereocenters. The molecule has 1 aliphatic rings. The number of carboxylic acid groups (broad SMARTS) is 1. The number of carboxylic acids is 1. The van der Waals surface area contributed by atoms with Crippen LogP contribution in [0.25, 0.3) is 0 Å². The van der Waals surface area contributed by atoms with E-state index in [4.69, 9.17) is 9.47 Å². The second-order valence-electron chi connectivity index (χ2n) is 17.7. The third kappa shape index (κ3) is 18.0. The quantitative estimate of drug-likeness (QED) is 0.0846. The summed E-state index contributed by atoms with van der Waals surface area (Å²) in [6, 6.07) is 4.57. The number of alkyl carbamates (subject to hydrolysis) is 1. The summed E-state index contributed by atoms with van der Waals surface area (Å²) in [5, 5.41) is 21.1. The van der Waals surface area contributed by atoms with E-state index in [1.54, 1.807) is 27.7 Å². The van der Waals surface area contributed by atoms with Gasteiger partial charge in [-0.25, -0.2) is 14.6 Å². The summed E-state index contributed by atoms with van der Waals surface area (Å²) in [7, 11) is 0. The van der Waals surface area contributed by atoms with E-state index >= 15 is 0 Å². The highest BCUT2D eigenvalue weighted by atomic mass is 16.6. The Morgan fingerprint density at radius 1 is 0.828 bits per heavy atom. The molecule has 324 valence electrons. The number of aliphatic carboxylic acids is 1. The van der Waals surface area contributed by atoms with Crippen molar-refractivity contribution >= 4 is 29.8 Å². The molecule has 14 heteroatoms. The first kappa shape index (κ1) is 47.9. The predicted octanol–water partition coefficient (Wildman–Crippen LogP) is 6.34. The minimum absolute atomic E-state index is 0.154. The molecule has 4 amide bonds. The summed E-state index contributed by atoms with van der Waals surface area (Å²) in [6.45, 7) is 15.6. The fraction of sp³-hybridized carbons (Fsp3) is 0.682. The predicted molar refractivity (Wildman–Crippen MR) is 223 cm³/mol. The summed E-state index contributed by atoms with van der Waals surface area (Å²) in [6.07, 6.45) is 12.5. The van der Waals surface area contributed by atoms with E-state index in [1.807, 2.05) is 64.4 Å². The van der Waals surface area contributed by atoms with Crippen molar-refractivity contribution in [3.05, 3.63) is 53.6 Å². The molecule has 0 aliphatic heterocycles. The zero-order chi connectivity index (χ0) is 42.9. The molecule has 0 spiro atoms. The van der Waals surface area contributed by atoms with Crippen LogP contribution in [-0.4, -0.2) is 86.9 Å². The Balaban J connectivity index is 1.69. The maximum Gasteiger partial charge on any atom is 0.407 e. The Morgan fingerprint density at radius 2 is 1.47 bits per heavy atom. The Labute approximate surface area is 345 Å². The number of carbonyl (C=O) groups excluding carboxylic acids is 4. The van der Waals surface area contributed by atoms with Gasteiger partial charge in [-0.1, -0.05) is 56.4 Å². The first-order valence-electron chi connectivity index (χ1n) is 21.1. The molecule has 1 aromatic carbocycles. The molecule has 1 aliphatic carbocycles. The number of aryl methyl sites for hydroxylation is 3. The number of hydrogen-bond acceptors (Lipinski definition) is 8. The number of carbonyl (C=O) groups is 5. The fourth-order valence-corrected chi connectivity index (χ4v) is 6.96. The molecule has 1 heterocycles. The van der Waals surface area contributed by atoms with Crippen LogP contribution in [0, 0.1) is 12.8 Å². The molecule has 14 nitrogen and oxygen atoms in total. The zero-order valence-electron chi connectivity index (χ0n) is 36.2. The van der Waals surface area contributed by atoms with E-state index in [-0.39, 0.29) is 31.4 Å². The van der Waals surface area contributed by atoms with Crippen LogP contribution in [0.1, 0.15) is 142 Å². The van der Waals surface area contributed by atoms with Crippen LogP contribution in [0.4, 0.5) is 4.79 Å². The van der Waals surface area contributed by atoms with Gasteiger partial charge in [0.25, 0.3) is 0 Å². The Morgan fingerprint density at radius 3 is 2.07 bits per heavy atom. The van der Waals surface area contributed by atoms with Gasteiger partial charge in [0, 0.05) is 25.5 Å². The lowest BCUT2D eigenvalue weighted by Crippen LogP contribution is -2.57. The van der Waals surface area contributed by atoms with E-state index in [2.05, 4.69) is 30.8 Å². The van der Waals surface area contributed by atoms with E-state index in [0.29, 0.717) is 19.3 Å². The molecule has 3 rings (SSSR count). The molecule has 58 heavy (non-hydrogen) atoms. The lowest BCUT2D eigenvalue weighted by atomic mass is 9.84. The van der Waals surface area contributed by atoms with Gasteiger partial charge in [-0.15, -0.1) is 0 Å². The standard InChI is InChI=1S/C44H70N6O8/c1-30(34-22-20-32(21-23-34)16-13-15-26-50-27-25-45-31(50)2)38(51)49-37(29-57-43(3,4)5)40(53)47-35(19-12-14-24-46-42(56)58-44(6,7)8)39(52)48-36(41(54)55)28-33-17-10-9-11-18-33/h20-23,25,27,30,33,35-37H,9-19,24,26,28-29H2,1-8H3,(H,46,56)(H,47,53)(H,48,52)(H,49,51)(H,54,55)/t30?,35-,36?,37-/m0/s1. The van der Waals surface area contributed by atoms with Gasteiger partial charge in [0.05, 0.1) is 18.1 Å². The van der Waals surface area contributed by atoms with Crippen LogP contribution in [0.15, 0.2) is 36.7 Å². The van der Waals surface area contributed by atoms with Crippen molar-refractivity contribution in [1.29, 1.82) is 0 Å². The SMILES string of the molecule is Cc1nccn1CCCCc1ccc(C(C)C(=O)N[C@@H](COC(C)(C)C)C(=O)N[C@@H](CCCCNC(=O)OC(C)(C)C)C(=O)NC(CC2CCCCC2)C(=O)O)cc1. The number of unbranched alkanes of at least 4 members (excludes halogenated alkanes) is 2. The van der Waals surface area contributed by atoms with E-state index in [1.165, 1.54) is 5.56 Å². The number of aromatic nitrogens is 2. The first-order chi connectivity index (χ1) is 27.3. The van der Waals surface area contributed by atoms with Gasteiger partial charge in [0.1, 0.15) is 29.6 Å². The Hall–Kier alpha value is -4.46. The second-order valence-corrected chi connectivity index (χ2v) is 17.7.